The molecule has 0 saturated carbocycles. The average molecular weight is 240 g/mol. The summed E-state index contributed by atoms with van der Waals surface area (Å²) in [6.45, 7) is 5.16. The maximum atomic E-state index is 11.0. The van der Waals surface area contributed by atoms with Gasteiger partial charge >= 0.3 is 5.97 Å². The fourth-order valence-electron chi connectivity index (χ4n) is 1.35. The zero-order valence-corrected chi connectivity index (χ0v) is 10.3. The van der Waals surface area contributed by atoms with Crippen LogP contribution in [0.25, 0.3) is 6.08 Å². The molecular weight excluding hydrogens is 224 g/mol. The number of rotatable bonds is 5. The van der Waals surface area contributed by atoms with Crippen molar-refractivity contribution in [2.75, 3.05) is 0 Å². The van der Waals surface area contributed by atoms with E-state index in [1.807, 2.05) is 36.4 Å². The van der Waals surface area contributed by atoms with Crippen LogP contribution in [0.5, 0.6) is 0 Å². The molecular formula is C16H16O2. The molecule has 2 nitrogen and oxygen atoms in total. The fourth-order valence-corrected chi connectivity index (χ4v) is 1.35. The molecule has 0 heterocycles. The first-order valence-corrected chi connectivity index (χ1v) is 5.61. The van der Waals surface area contributed by atoms with E-state index >= 15 is 0 Å². The third-order valence-corrected chi connectivity index (χ3v) is 2.42. The van der Waals surface area contributed by atoms with Crippen LogP contribution in [-0.4, -0.2) is 11.1 Å². The van der Waals surface area contributed by atoms with E-state index < -0.39 is 5.97 Å². The largest absolute Gasteiger partial charge is 0.478 e. The first kappa shape index (κ1) is 13.7. The van der Waals surface area contributed by atoms with Crippen LogP contribution in [0.2, 0.25) is 0 Å². The number of hydrogen-bond acceptors (Lipinski definition) is 1. The number of benzene rings is 1. The average Bonchev–Trinajstić information content (AvgIpc) is 2.39. The maximum absolute atomic E-state index is 11.0. The Morgan fingerprint density at radius 1 is 1.22 bits per heavy atom. The van der Waals surface area contributed by atoms with Crippen LogP contribution in [-0.2, 0) is 4.79 Å². The molecule has 0 aliphatic heterocycles. The van der Waals surface area contributed by atoms with Gasteiger partial charge in [0, 0.05) is 5.57 Å². The van der Waals surface area contributed by atoms with Crippen molar-refractivity contribution in [3.63, 3.8) is 0 Å². The Hall–Kier alpha value is -2.35. The topological polar surface area (TPSA) is 37.3 Å². The van der Waals surface area contributed by atoms with E-state index in [9.17, 15) is 4.79 Å². The summed E-state index contributed by atoms with van der Waals surface area (Å²) in [7, 11) is 0. The van der Waals surface area contributed by atoms with Crippen molar-refractivity contribution in [3.8, 4) is 0 Å². The summed E-state index contributed by atoms with van der Waals surface area (Å²) in [5.41, 5.74) is 1.99. The molecule has 0 spiro atoms. The molecule has 1 N–H and O–H groups in total. The molecule has 1 aromatic carbocycles. The highest BCUT2D eigenvalue weighted by Crippen LogP contribution is 2.11. The van der Waals surface area contributed by atoms with Gasteiger partial charge in [-0.05, 0) is 18.1 Å². The van der Waals surface area contributed by atoms with Gasteiger partial charge in [0.25, 0.3) is 0 Å². The van der Waals surface area contributed by atoms with Crippen LogP contribution in [0.1, 0.15) is 12.5 Å². The standard InChI is InChI=1S/C16H16O2/c1-3-4-10-15(13(2)16(17)18)12-11-14-8-6-5-7-9-14/h3-12H,1H2,2H3,(H,17,18). The second-order valence-corrected chi connectivity index (χ2v) is 3.72. The molecule has 2 heteroatoms. The molecule has 92 valence electrons. The second-order valence-electron chi connectivity index (χ2n) is 3.72. The van der Waals surface area contributed by atoms with Gasteiger partial charge in [0.05, 0.1) is 0 Å². The quantitative estimate of drug-likeness (QED) is 0.627. The van der Waals surface area contributed by atoms with E-state index in [1.165, 1.54) is 0 Å². The number of carboxylic acid groups (broad SMARTS) is 1. The minimum Gasteiger partial charge on any atom is -0.478 e. The SMILES string of the molecule is C=CC=CC(C=Cc1ccccc1)=C(C)C(=O)O. The van der Waals surface area contributed by atoms with Gasteiger partial charge in [0.1, 0.15) is 0 Å². The van der Waals surface area contributed by atoms with Crippen molar-refractivity contribution >= 4 is 12.0 Å². The molecule has 0 aromatic heterocycles. The third-order valence-electron chi connectivity index (χ3n) is 2.42. The molecule has 1 rings (SSSR count). The molecule has 0 amide bonds. The molecule has 18 heavy (non-hydrogen) atoms. The Balaban J connectivity index is 3.03. The molecule has 0 bridgehead atoms. The van der Waals surface area contributed by atoms with Gasteiger partial charge in [-0.2, -0.15) is 0 Å². The Kier molecular flexibility index (Phi) is 5.39. The molecule has 0 atom stereocenters. The Morgan fingerprint density at radius 3 is 2.44 bits per heavy atom. The summed E-state index contributed by atoms with van der Waals surface area (Å²) in [5, 5.41) is 9.00. The fraction of sp³-hybridized carbons (Fsp3) is 0.0625. The van der Waals surface area contributed by atoms with Crippen molar-refractivity contribution < 1.29 is 9.90 Å². The van der Waals surface area contributed by atoms with Crippen molar-refractivity contribution in [3.05, 3.63) is 77.9 Å². The Labute approximate surface area is 107 Å². The normalized spacial score (nSPS) is 12.7. The van der Waals surface area contributed by atoms with Crippen LogP contribution in [0, 0.1) is 0 Å². The minimum absolute atomic E-state index is 0.306. The van der Waals surface area contributed by atoms with E-state index in [4.69, 9.17) is 5.11 Å². The van der Waals surface area contributed by atoms with E-state index in [0.717, 1.165) is 5.56 Å². The first-order chi connectivity index (χ1) is 8.65. The van der Waals surface area contributed by atoms with Crippen molar-refractivity contribution in [2.45, 2.75) is 6.92 Å². The molecule has 0 unspecified atom stereocenters. The molecule has 0 radical (unpaired) electrons. The molecule has 0 aliphatic rings. The van der Waals surface area contributed by atoms with Gasteiger partial charge in [-0.1, -0.05) is 67.3 Å². The second kappa shape index (κ2) is 7.07. The summed E-state index contributed by atoms with van der Waals surface area (Å²) < 4.78 is 0. The highest BCUT2D eigenvalue weighted by atomic mass is 16.4. The number of allylic oxidation sites excluding steroid dienone is 5. The van der Waals surface area contributed by atoms with E-state index in [-0.39, 0.29) is 0 Å². The highest BCUT2D eigenvalue weighted by molar-refractivity contribution is 5.88. The maximum Gasteiger partial charge on any atom is 0.331 e. The molecule has 0 saturated heterocycles. The first-order valence-electron chi connectivity index (χ1n) is 5.61. The van der Waals surface area contributed by atoms with Gasteiger partial charge in [0.2, 0.25) is 0 Å². The lowest BCUT2D eigenvalue weighted by molar-refractivity contribution is -0.132. The third kappa shape index (κ3) is 4.26. The summed E-state index contributed by atoms with van der Waals surface area (Å²) in [4.78, 5) is 11.0. The lowest BCUT2D eigenvalue weighted by Gasteiger charge is -1.99. The van der Waals surface area contributed by atoms with Gasteiger partial charge in [-0.3, -0.25) is 0 Å². The van der Waals surface area contributed by atoms with Gasteiger partial charge in [0.15, 0.2) is 0 Å². The molecule has 0 aliphatic carbocycles. The smallest absolute Gasteiger partial charge is 0.331 e. The lowest BCUT2D eigenvalue weighted by atomic mass is 10.1. The summed E-state index contributed by atoms with van der Waals surface area (Å²) in [5.74, 6) is -0.920. The summed E-state index contributed by atoms with van der Waals surface area (Å²) >= 11 is 0. The summed E-state index contributed by atoms with van der Waals surface area (Å²) in [6, 6.07) is 9.73. The van der Waals surface area contributed by atoms with Gasteiger partial charge < -0.3 is 5.11 Å². The van der Waals surface area contributed by atoms with Gasteiger partial charge in [-0.15, -0.1) is 0 Å². The van der Waals surface area contributed by atoms with Crippen LogP contribution in [0.15, 0.2) is 72.4 Å². The molecule has 1 aromatic rings. The van der Waals surface area contributed by atoms with E-state index in [1.54, 1.807) is 31.2 Å². The number of carboxylic acids is 1. The van der Waals surface area contributed by atoms with Crippen LogP contribution in [0.3, 0.4) is 0 Å². The van der Waals surface area contributed by atoms with E-state index in [0.29, 0.717) is 11.1 Å². The zero-order valence-electron chi connectivity index (χ0n) is 10.3. The van der Waals surface area contributed by atoms with Gasteiger partial charge in [-0.25, -0.2) is 4.79 Å². The lowest BCUT2D eigenvalue weighted by Crippen LogP contribution is -1.98. The predicted octanol–water partition coefficient (Wildman–Crippen LogP) is 3.84. The Bertz CT molecular complexity index is 505. The Morgan fingerprint density at radius 2 is 1.89 bits per heavy atom. The van der Waals surface area contributed by atoms with Crippen molar-refractivity contribution in [1.82, 2.24) is 0 Å². The van der Waals surface area contributed by atoms with E-state index in [2.05, 4.69) is 6.58 Å². The number of hydrogen-bond donors (Lipinski definition) is 1. The van der Waals surface area contributed by atoms with Crippen LogP contribution < -0.4 is 0 Å². The van der Waals surface area contributed by atoms with Crippen LogP contribution >= 0.6 is 0 Å². The van der Waals surface area contributed by atoms with Crippen molar-refractivity contribution in [2.24, 2.45) is 0 Å². The van der Waals surface area contributed by atoms with Crippen LogP contribution in [0.4, 0.5) is 0 Å². The number of carbonyl (C=O) groups is 1. The molecule has 0 fully saturated rings. The minimum atomic E-state index is -0.920. The predicted molar refractivity (Wildman–Crippen MR) is 75.1 cm³/mol. The number of aliphatic carboxylic acids is 1. The summed E-state index contributed by atoms with van der Waals surface area (Å²) in [6.07, 6.45) is 8.74. The highest BCUT2D eigenvalue weighted by Gasteiger charge is 2.03. The van der Waals surface area contributed by atoms with Crippen molar-refractivity contribution in [1.29, 1.82) is 0 Å². The monoisotopic (exact) mass is 240 g/mol. The zero-order chi connectivity index (χ0) is 13.4.